The van der Waals surface area contributed by atoms with Gasteiger partial charge in [0.05, 0.1) is 5.41 Å². The second-order valence-corrected chi connectivity index (χ2v) is 11.8. The highest BCUT2D eigenvalue weighted by Crippen LogP contribution is 2.54. The summed E-state index contributed by atoms with van der Waals surface area (Å²) in [6, 6.07) is 20.3. The third-order valence-electron chi connectivity index (χ3n) is 8.49. The molecule has 0 saturated carbocycles. The highest BCUT2D eigenvalue weighted by atomic mass is 32.1. The highest BCUT2D eigenvalue weighted by Gasteiger charge is 2.54. The Hall–Kier alpha value is -3.31. The number of pyridine rings is 2. The lowest BCUT2D eigenvalue weighted by atomic mass is 9.68. The molecule has 0 aliphatic carbocycles. The average Bonchev–Trinajstić information content (AvgIpc) is 3.57. The van der Waals surface area contributed by atoms with Gasteiger partial charge in [0, 0.05) is 41.4 Å². The van der Waals surface area contributed by atoms with Gasteiger partial charge >= 0.3 is 0 Å². The van der Waals surface area contributed by atoms with Crippen molar-refractivity contribution in [3.8, 4) is 22.1 Å². The van der Waals surface area contributed by atoms with Gasteiger partial charge in [0.2, 0.25) is 23.4 Å². The zero-order chi connectivity index (χ0) is 26.3. The summed E-state index contributed by atoms with van der Waals surface area (Å²) in [4.78, 5) is 6.37. The van der Waals surface area contributed by atoms with Crippen molar-refractivity contribution in [3.05, 3.63) is 90.5 Å². The Bertz CT molecular complexity index is 1600. The van der Waals surface area contributed by atoms with Gasteiger partial charge in [-0.25, -0.2) is 4.98 Å². The van der Waals surface area contributed by atoms with Gasteiger partial charge in [-0.05, 0) is 60.4 Å². The minimum atomic E-state index is -0.0604. The summed E-state index contributed by atoms with van der Waals surface area (Å²) >= 11 is 1.99. The molecule has 1 aliphatic heterocycles. The van der Waals surface area contributed by atoms with E-state index in [9.17, 15) is 0 Å². The molecule has 0 radical (unpaired) electrons. The molecule has 0 N–H and O–H groups in total. The number of hydrogen-bond donors (Lipinski definition) is 0. The van der Waals surface area contributed by atoms with Crippen molar-refractivity contribution < 1.29 is 9.13 Å². The first-order valence-electron chi connectivity index (χ1n) is 14.2. The molecule has 4 nitrogen and oxygen atoms in total. The third kappa shape index (κ3) is 3.82. The Morgan fingerprint density at radius 3 is 2.55 bits per heavy atom. The van der Waals surface area contributed by atoms with Crippen molar-refractivity contribution in [1.29, 1.82) is 0 Å². The molecule has 5 aromatic rings. The molecule has 0 bridgehead atoms. The summed E-state index contributed by atoms with van der Waals surface area (Å²) in [5.41, 5.74) is 5.37. The molecular weight excluding hydrogens is 484 g/mol. The monoisotopic (exact) mass is 522 g/mol. The zero-order valence-electron chi connectivity index (χ0n) is 23.0. The van der Waals surface area contributed by atoms with Gasteiger partial charge in [-0.3, -0.25) is 4.57 Å². The van der Waals surface area contributed by atoms with Gasteiger partial charge in [0.15, 0.2) is 12.4 Å². The van der Waals surface area contributed by atoms with Crippen molar-refractivity contribution in [2.45, 2.75) is 70.9 Å². The van der Waals surface area contributed by atoms with Crippen LogP contribution < -0.4 is 9.13 Å². The average molecular weight is 523 g/mol. The van der Waals surface area contributed by atoms with E-state index in [-0.39, 0.29) is 11.6 Å². The molecule has 38 heavy (non-hydrogen) atoms. The van der Waals surface area contributed by atoms with Crippen molar-refractivity contribution in [3.63, 3.8) is 0 Å². The van der Waals surface area contributed by atoms with Crippen LogP contribution >= 0.6 is 11.3 Å². The Morgan fingerprint density at radius 2 is 1.79 bits per heavy atom. The number of aryl methyl sites for hydroxylation is 2. The Kier molecular flexibility index (Phi) is 6.65. The zero-order valence-corrected chi connectivity index (χ0v) is 23.8. The first-order valence-corrected chi connectivity index (χ1v) is 15.0. The number of nitrogens with zero attached hydrogens (tertiary/aromatic N) is 4. The van der Waals surface area contributed by atoms with E-state index in [1.54, 1.807) is 0 Å². The molecule has 5 heterocycles. The van der Waals surface area contributed by atoms with E-state index in [0.29, 0.717) is 0 Å². The fourth-order valence-corrected chi connectivity index (χ4v) is 8.11. The van der Waals surface area contributed by atoms with E-state index < -0.39 is 0 Å². The molecule has 0 saturated heterocycles. The lowest BCUT2D eigenvalue weighted by molar-refractivity contribution is -0.730. The normalized spacial score (nSPS) is 18.5. The lowest BCUT2D eigenvalue weighted by Gasteiger charge is -2.41. The van der Waals surface area contributed by atoms with E-state index in [1.165, 1.54) is 44.6 Å². The minimum absolute atomic E-state index is 0.0604. The summed E-state index contributed by atoms with van der Waals surface area (Å²) in [6.45, 7) is 7.00. The molecule has 1 aliphatic rings. The van der Waals surface area contributed by atoms with Gasteiger partial charge in [0.25, 0.3) is 0 Å². The number of benzene rings is 1. The van der Waals surface area contributed by atoms with Crippen LogP contribution in [-0.2, 0) is 18.9 Å². The largest absolute Gasteiger partial charge is 0.266 e. The standard InChI is InChI=1S/C33H38N4S/c1-5-8-13-24-16-17-25-28(23-24)38-30-26-14-10-12-21-36(26)32(33(7-3,18-6-2)29(25)30)37-22-19-34-31(37)27-15-9-11-20-35(27)4/h9-12,14-17,19-23,32H,5-8,13,18H2,1-4H3/q+2. The van der Waals surface area contributed by atoms with E-state index in [4.69, 9.17) is 4.98 Å². The van der Waals surface area contributed by atoms with Gasteiger partial charge in [-0.15, -0.1) is 11.3 Å². The Balaban J connectivity index is 1.65. The fraction of sp³-hybridized carbons (Fsp3) is 0.364. The quantitative estimate of drug-likeness (QED) is 0.195. The van der Waals surface area contributed by atoms with Crippen molar-refractivity contribution in [1.82, 2.24) is 9.55 Å². The summed E-state index contributed by atoms with van der Waals surface area (Å²) in [5.74, 6) is 1.01. The van der Waals surface area contributed by atoms with Gasteiger partial charge < -0.3 is 0 Å². The number of thiophene rings is 1. The Morgan fingerprint density at radius 1 is 0.974 bits per heavy atom. The maximum atomic E-state index is 4.93. The molecule has 0 fully saturated rings. The van der Waals surface area contributed by atoms with Gasteiger partial charge in [-0.1, -0.05) is 45.7 Å². The second kappa shape index (κ2) is 10.1. The number of aromatic nitrogens is 4. The van der Waals surface area contributed by atoms with E-state index >= 15 is 0 Å². The van der Waals surface area contributed by atoms with Crippen LogP contribution in [-0.4, -0.2) is 9.55 Å². The molecule has 5 heteroatoms. The summed E-state index contributed by atoms with van der Waals surface area (Å²) < 4.78 is 8.58. The SMILES string of the molecule is CCCCc1ccc2c3c(sc2c1)-c1cccc[n+]1C(n1ccnc1-c1cccc[n+]1C)C3(CC)CCC. The topological polar surface area (TPSA) is 25.6 Å². The fourth-order valence-electron chi connectivity index (χ4n) is 6.71. The van der Waals surface area contributed by atoms with Crippen molar-refractivity contribution >= 4 is 21.4 Å². The molecule has 0 spiro atoms. The molecule has 194 valence electrons. The van der Waals surface area contributed by atoms with Crippen LogP contribution in [0.1, 0.15) is 70.2 Å². The van der Waals surface area contributed by atoms with Crippen molar-refractivity contribution in [2.75, 3.05) is 0 Å². The van der Waals surface area contributed by atoms with Gasteiger partial charge in [-0.2, -0.15) is 9.13 Å². The second-order valence-electron chi connectivity index (χ2n) is 10.7. The molecular formula is C33H38N4S+2. The molecule has 6 rings (SSSR count). The number of unbranched alkanes of at least 4 members (excludes halogenated alkanes) is 1. The number of imidazole rings is 1. The predicted octanol–water partition coefficient (Wildman–Crippen LogP) is 7.39. The maximum Gasteiger partial charge on any atom is 0.249 e. The van der Waals surface area contributed by atoms with Crippen LogP contribution in [0.25, 0.3) is 32.2 Å². The van der Waals surface area contributed by atoms with E-state index in [2.05, 4.69) is 115 Å². The number of rotatable bonds is 8. The number of fused-ring (bicyclic) bond motifs is 5. The Labute approximate surface area is 230 Å². The minimum Gasteiger partial charge on any atom is -0.266 e. The summed E-state index contributed by atoms with van der Waals surface area (Å²) in [7, 11) is 2.11. The summed E-state index contributed by atoms with van der Waals surface area (Å²) in [6.07, 6.45) is 15.6. The molecule has 0 amide bonds. The highest BCUT2D eigenvalue weighted by molar-refractivity contribution is 7.22. The maximum absolute atomic E-state index is 4.93. The smallest absolute Gasteiger partial charge is 0.249 e. The van der Waals surface area contributed by atoms with E-state index in [1.807, 2.05) is 17.5 Å². The first-order chi connectivity index (χ1) is 18.6. The van der Waals surface area contributed by atoms with Gasteiger partial charge in [0.1, 0.15) is 11.9 Å². The first kappa shape index (κ1) is 25.0. The predicted molar refractivity (Wildman–Crippen MR) is 156 cm³/mol. The van der Waals surface area contributed by atoms with Crippen LogP contribution in [0.4, 0.5) is 0 Å². The molecule has 4 aromatic heterocycles. The molecule has 1 aromatic carbocycles. The lowest BCUT2D eigenvalue weighted by Crippen LogP contribution is -2.58. The van der Waals surface area contributed by atoms with Crippen LogP contribution in [0.2, 0.25) is 0 Å². The van der Waals surface area contributed by atoms with Crippen LogP contribution in [0.3, 0.4) is 0 Å². The van der Waals surface area contributed by atoms with Crippen LogP contribution in [0.5, 0.6) is 0 Å². The molecule has 2 atom stereocenters. The number of hydrogen-bond acceptors (Lipinski definition) is 2. The molecule has 2 unspecified atom stereocenters. The van der Waals surface area contributed by atoms with Crippen molar-refractivity contribution in [2.24, 2.45) is 7.05 Å². The van der Waals surface area contributed by atoms with Crippen LogP contribution in [0.15, 0.2) is 79.4 Å². The third-order valence-corrected chi connectivity index (χ3v) is 9.67. The van der Waals surface area contributed by atoms with Crippen LogP contribution in [0, 0.1) is 0 Å². The van der Waals surface area contributed by atoms with E-state index in [0.717, 1.165) is 37.2 Å². The summed E-state index contributed by atoms with van der Waals surface area (Å²) in [5, 5.41) is 1.44.